The van der Waals surface area contributed by atoms with Gasteiger partial charge in [-0.15, -0.1) is 10.2 Å². The van der Waals surface area contributed by atoms with Crippen molar-refractivity contribution in [3.8, 4) is 28.2 Å². The van der Waals surface area contributed by atoms with Gasteiger partial charge >= 0.3 is 0 Å². The molecule has 0 saturated heterocycles. The van der Waals surface area contributed by atoms with Crippen LogP contribution in [0.15, 0.2) is 109 Å². The van der Waals surface area contributed by atoms with Gasteiger partial charge in [0.05, 0.1) is 11.4 Å². The van der Waals surface area contributed by atoms with Crippen molar-refractivity contribution in [1.29, 1.82) is 0 Å². The van der Waals surface area contributed by atoms with E-state index < -0.39 is 0 Å². The van der Waals surface area contributed by atoms with E-state index in [1.54, 1.807) is 12.4 Å². The molecule has 0 aliphatic carbocycles. The minimum absolute atomic E-state index is 0.111. The Balaban J connectivity index is 1.40. The van der Waals surface area contributed by atoms with E-state index in [1.165, 1.54) is 11.8 Å². The number of aryl methyl sites for hydroxylation is 1. The van der Waals surface area contributed by atoms with Crippen molar-refractivity contribution in [1.82, 2.24) is 19.7 Å². The molecule has 0 unspecified atom stereocenters. The average Bonchev–Trinajstić information content (AvgIpc) is 3.33. The van der Waals surface area contributed by atoms with E-state index in [9.17, 15) is 4.79 Å². The summed E-state index contributed by atoms with van der Waals surface area (Å²) in [6, 6.07) is 29.7. The van der Waals surface area contributed by atoms with Gasteiger partial charge in [-0.3, -0.25) is 14.3 Å². The number of carbonyl (C=O) groups excluding carboxylic acids is 1. The molecule has 1 N–H and O–H groups in total. The molecule has 35 heavy (non-hydrogen) atoms. The maximum atomic E-state index is 13.0. The van der Waals surface area contributed by atoms with Gasteiger partial charge in [-0.25, -0.2) is 0 Å². The highest BCUT2D eigenvalue weighted by atomic mass is 32.2. The first kappa shape index (κ1) is 22.6. The van der Waals surface area contributed by atoms with Crippen LogP contribution in [0.25, 0.3) is 28.2 Å². The van der Waals surface area contributed by atoms with Gasteiger partial charge in [-0.1, -0.05) is 78.5 Å². The number of rotatable bonds is 7. The summed E-state index contributed by atoms with van der Waals surface area (Å²) >= 11 is 1.35. The number of nitrogens with zero attached hydrogens (tertiary/aromatic N) is 4. The third kappa shape index (κ3) is 5.00. The van der Waals surface area contributed by atoms with Crippen LogP contribution in [0.2, 0.25) is 0 Å². The molecule has 7 heteroatoms. The Hall–Kier alpha value is -4.23. The highest BCUT2D eigenvalue weighted by molar-refractivity contribution is 7.99. The number of anilines is 1. The highest BCUT2D eigenvalue weighted by Crippen LogP contribution is 2.30. The summed E-state index contributed by atoms with van der Waals surface area (Å²) in [6.07, 6.45) is 3.49. The Morgan fingerprint density at radius 1 is 0.857 bits per heavy atom. The number of hydrogen-bond acceptors (Lipinski definition) is 5. The van der Waals surface area contributed by atoms with Crippen molar-refractivity contribution in [3.05, 3.63) is 109 Å². The van der Waals surface area contributed by atoms with Crippen LogP contribution < -0.4 is 5.32 Å². The number of benzene rings is 3. The molecule has 0 aliphatic rings. The monoisotopic (exact) mass is 477 g/mol. The van der Waals surface area contributed by atoms with Crippen molar-refractivity contribution in [2.75, 3.05) is 11.1 Å². The molecule has 1 amide bonds. The second kappa shape index (κ2) is 10.4. The van der Waals surface area contributed by atoms with Crippen LogP contribution in [-0.2, 0) is 4.79 Å². The van der Waals surface area contributed by atoms with E-state index in [0.717, 1.165) is 33.6 Å². The van der Waals surface area contributed by atoms with E-state index >= 15 is 0 Å². The van der Waals surface area contributed by atoms with Gasteiger partial charge in [0.25, 0.3) is 0 Å². The number of para-hydroxylation sites is 2. The largest absolute Gasteiger partial charge is 0.325 e. The van der Waals surface area contributed by atoms with E-state index in [-0.39, 0.29) is 11.7 Å². The molecule has 3 aromatic carbocycles. The van der Waals surface area contributed by atoms with Crippen LogP contribution in [-0.4, -0.2) is 31.4 Å². The Morgan fingerprint density at radius 2 is 1.60 bits per heavy atom. The summed E-state index contributed by atoms with van der Waals surface area (Å²) in [7, 11) is 0. The number of amides is 1. The van der Waals surface area contributed by atoms with E-state index in [1.807, 2.05) is 102 Å². The van der Waals surface area contributed by atoms with Gasteiger partial charge in [0.15, 0.2) is 11.0 Å². The summed E-state index contributed by atoms with van der Waals surface area (Å²) in [5.41, 5.74) is 5.72. The van der Waals surface area contributed by atoms with Gasteiger partial charge in [0.1, 0.15) is 0 Å². The highest BCUT2D eigenvalue weighted by Gasteiger charge is 2.19. The van der Waals surface area contributed by atoms with Crippen LogP contribution in [0, 0.1) is 6.92 Å². The first-order chi connectivity index (χ1) is 17.2. The normalized spacial score (nSPS) is 10.8. The lowest BCUT2D eigenvalue weighted by molar-refractivity contribution is -0.113. The van der Waals surface area contributed by atoms with Crippen LogP contribution in [0.4, 0.5) is 5.69 Å². The Bertz CT molecular complexity index is 1450. The number of pyridine rings is 1. The number of aromatic nitrogens is 4. The summed E-state index contributed by atoms with van der Waals surface area (Å²) in [6.45, 7) is 2.05. The van der Waals surface area contributed by atoms with Crippen molar-refractivity contribution >= 4 is 23.4 Å². The fraction of sp³-hybridized carbons (Fsp3) is 0.0714. The van der Waals surface area contributed by atoms with E-state index in [0.29, 0.717) is 11.0 Å². The van der Waals surface area contributed by atoms with Crippen LogP contribution >= 0.6 is 11.8 Å². The Kier molecular flexibility index (Phi) is 6.68. The maximum absolute atomic E-state index is 13.0. The van der Waals surface area contributed by atoms with Crippen molar-refractivity contribution in [2.45, 2.75) is 12.1 Å². The standard InChI is InChI=1S/C28H23N5OS/c1-20-10-5-8-16-25(20)33-27(22-13-9-17-29-18-22)31-32-28(33)35-19-26(34)30-24-15-7-6-14-23(24)21-11-3-2-4-12-21/h2-18H,19H2,1H3,(H,30,34). The van der Waals surface area contributed by atoms with E-state index in [4.69, 9.17) is 0 Å². The molecular formula is C28H23N5OS. The van der Waals surface area contributed by atoms with Crippen molar-refractivity contribution < 1.29 is 4.79 Å². The summed E-state index contributed by atoms with van der Waals surface area (Å²) in [4.78, 5) is 17.2. The quantitative estimate of drug-likeness (QED) is 0.290. The molecule has 5 rings (SSSR count). The average molecular weight is 478 g/mol. The Labute approximate surface area is 208 Å². The number of nitrogens with one attached hydrogen (secondary N) is 1. The van der Waals surface area contributed by atoms with Crippen LogP contribution in [0.3, 0.4) is 0 Å². The molecule has 0 spiro atoms. The molecule has 172 valence electrons. The summed E-state index contributed by atoms with van der Waals surface area (Å²) in [5, 5.41) is 12.6. The molecular weight excluding hydrogens is 454 g/mol. The van der Waals surface area contributed by atoms with Crippen LogP contribution in [0.1, 0.15) is 5.56 Å². The minimum Gasteiger partial charge on any atom is -0.325 e. The van der Waals surface area contributed by atoms with Gasteiger partial charge in [0, 0.05) is 29.2 Å². The predicted molar refractivity (Wildman–Crippen MR) is 141 cm³/mol. The molecule has 0 radical (unpaired) electrons. The molecule has 2 aromatic heterocycles. The van der Waals surface area contributed by atoms with E-state index in [2.05, 4.69) is 20.5 Å². The molecule has 0 aliphatic heterocycles. The van der Waals surface area contributed by atoms with Gasteiger partial charge in [-0.05, 0) is 42.3 Å². The topological polar surface area (TPSA) is 72.7 Å². The summed E-state index contributed by atoms with van der Waals surface area (Å²) < 4.78 is 1.99. The first-order valence-electron chi connectivity index (χ1n) is 11.2. The Morgan fingerprint density at radius 3 is 2.40 bits per heavy atom. The number of hydrogen-bond donors (Lipinski definition) is 1. The van der Waals surface area contributed by atoms with Crippen molar-refractivity contribution in [3.63, 3.8) is 0 Å². The molecule has 0 saturated carbocycles. The first-order valence-corrected chi connectivity index (χ1v) is 12.2. The SMILES string of the molecule is Cc1ccccc1-n1c(SCC(=O)Nc2ccccc2-c2ccccc2)nnc1-c1cccnc1. The fourth-order valence-corrected chi connectivity index (χ4v) is 4.60. The second-order valence-electron chi connectivity index (χ2n) is 7.92. The zero-order valence-corrected chi connectivity index (χ0v) is 19.9. The van der Waals surface area contributed by atoms with Gasteiger partial charge < -0.3 is 5.32 Å². The molecule has 0 fully saturated rings. The fourth-order valence-electron chi connectivity index (χ4n) is 3.85. The molecule has 0 atom stereocenters. The van der Waals surface area contributed by atoms with Crippen LogP contribution in [0.5, 0.6) is 0 Å². The molecule has 0 bridgehead atoms. The van der Waals surface area contributed by atoms with Gasteiger partial charge in [-0.2, -0.15) is 0 Å². The lowest BCUT2D eigenvalue weighted by atomic mass is 10.0. The lowest BCUT2D eigenvalue weighted by Crippen LogP contribution is -2.15. The number of carbonyl (C=O) groups is 1. The third-order valence-corrected chi connectivity index (χ3v) is 6.46. The third-order valence-electron chi connectivity index (χ3n) is 5.53. The summed E-state index contributed by atoms with van der Waals surface area (Å²) in [5.74, 6) is 0.769. The zero-order chi connectivity index (χ0) is 24.0. The molecule has 6 nitrogen and oxygen atoms in total. The lowest BCUT2D eigenvalue weighted by Gasteiger charge is -2.13. The maximum Gasteiger partial charge on any atom is 0.234 e. The molecule has 2 heterocycles. The predicted octanol–water partition coefficient (Wildman–Crippen LogP) is 6.04. The van der Waals surface area contributed by atoms with Gasteiger partial charge in [0.2, 0.25) is 5.91 Å². The molecule has 5 aromatic rings. The smallest absolute Gasteiger partial charge is 0.234 e. The minimum atomic E-state index is -0.111. The zero-order valence-electron chi connectivity index (χ0n) is 19.1. The number of thioether (sulfide) groups is 1. The van der Waals surface area contributed by atoms with Crippen molar-refractivity contribution in [2.24, 2.45) is 0 Å². The second-order valence-corrected chi connectivity index (χ2v) is 8.86.